The monoisotopic (exact) mass is 289 g/mol. The van der Waals surface area contributed by atoms with Crippen molar-refractivity contribution >= 4 is 18.0 Å². The molecule has 0 aliphatic rings. The van der Waals surface area contributed by atoms with Crippen molar-refractivity contribution in [2.24, 2.45) is 0 Å². The van der Waals surface area contributed by atoms with Crippen LogP contribution < -0.4 is 5.32 Å². The molecule has 1 N–H and O–H groups in total. The van der Waals surface area contributed by atoms with Gasteiger partial charge in [-0.1, -0.05) is 6.07 Å². The van der Waals surface area contributed by atoms with Gasteiger partial charge < -0.3 is 19.2 Å². The van der Waals surface area contributed by atoms with Crippen molar-refractivity contribution in [3.05, 3.63) is 36.3 Å². The zero-order valence-electron chi connectivity index (χ0n) is 12.6. The van der Waals surface area contributed by atoms with Crippen LogP contribution in [-0.2, 0) is 15.1 Å². The van der Waals surface area contributed by atoms with E-state index in [1.54, 1.807) is 44.5 Å². The summed E-state index contributed by atoms with van der Waals surface area (Å²) < 4.78 is 6.96. The molecule has 0 saturated carbocycles. The maximum absolute atomic E-state index is 11.9. The van der Waals surface area contributed by atoms with Gasteiger partial charge in [-0.05, 0) is 39.8 Å². The van der Waals surface area contributed by atoms with Gasteiger partial charge in [-0.15, -0.1) is 0 Å². The lowest BCUT2D eigenvalue weighted by atomic mass is 10.0. The molecule has 0 saturated heterocycles. The van der Waals surface area contributed by atoms with E-state index < -0.39 is 17.2 Å². The normalized spacial score (nSPS) is 14.5. The molecule has 1 amide bonds. The number of ether oxygens (including phenoxy) is 1. The van der Waals surface area contributed by atoms with Gasteiger partial charge in [-0.3, -0.25) is 0 Å². The number of carbonyl (C=O) groups excluding carboxylic acids is 2. The molecule has 0 aliphatic carbocycles. The van der Waals surface area contributed by atoms with Gasteiger partial charge in [0.1, 0.15) is 16.8 Å². The molecule has 1 atom stereocenters. The minimum absolute atomic E-state index is 0.568. The lowest BCUT2D eigenvalue weighted by Crippen LogP contribution is -2.47. The van der Waals surface area contributed by atoms with Crippen molar-refractivity contribution in [2.45, 2.75) is 38.8 Å². The van der Waals surface area contributed by atoms with Crippen LogP contribution in [0.25, 0.3) is 5.65 Å². The van der Waals surface area contributed by atoms with Gasteiger partial charge in [0.2, 0.25) is 0 Å². The average molecular weight is 289 g/mol. The van der Waals surface area contributed by atoms with E-state index in [2.05, 4.69) is 10.3 Å². The number of pyridine rings is 1. The number of rotatable bonds is 3. The van der Waals surface area contributed by atoms with Crippen molar-refractivity contribution < 1.29 is 14.3 Å². The molecule has 0 aliphatic heterocycles. The van der Waals surface area contributed by atoms with E-state index in [0.29, 0.717) is 17.6 Å². The molecule has 6 heteroatoms. The van der Waals surface area contributed by atoms with Crippen LogP contribution in [0.5, 0.6) is 0 Å². The van der Waals surface area contributed by atoms with Crippen molar-refractivity contribution in [1.29, 1.82) is 0 Å². The molecule has 0 bridgehead atoms. The van der Waals surface area contributed by atoms with E-state index in [-0.39, 0.29) is 0 Å². The molecule has 0 radical (unpaired) electrons. The van der Waals surface area contributed by atoms with E-state index in [0.717, 1.165) is 0 Å². The highest BCUT2D eigenvalue weighted by Crippen LogP contribution is 2.20. The summed E-state index contributed by atoms with van der Waals surface area (Å²) in [5.41, 5.74) is -0.582. The Morgan fingerprint density at radius 3 is 2.67 bits per heavy atom. The predicted octanol–water partition coefficient (Wildman–Crippen LogP) is 2.27. The number of imidazole rings is 1. The first-order chi connectivity index (χ1) is 9.75. The Bertz CT molecular complexity index is 672. The summed E-state index contributed by atoms with van der Waals surface area (Å²) in [4.78, 5) is 27.7. The van der Waals surface area contributed by atoms with Gasteiger partial charge in [0.25, 0.3) is 0 Å². The Morgan fingerprint density at radius 2 is 2.05 bits per heavy atom. The minimum Gasteiger partial charge on any atom is -0.444 e. The van der Waals surface area contributed by atoms with Gasteiger partial charge in [0.15, 0.2) is 6.29 Å². The third kappa shape index (κ3) is 3.21. The maximum Gasteiger partial charge on any atom is 0.408 e. The first-order valence-corrected chi connectivity index (χ1v) is 6.65. The number of fused-ring (bicyclic) bond motifs is 1. The molecule has 0 aromatic carbocycles. The van der Waals surface area contributed by atoms with Crippen LogP contribution in [-0.4, -0.2) is 27.4 Å². The highest BCUT2D eigenvalue weighted by atomic mass is 16.6. The van der Waals surface area contributed by atoms with Crippen molar-refractivity contribution in [2.75, 3.05) is 0 Å². The predicted molar refractivity (Wildman–Crippen MR) is 78.0 cm³/mol. The van der Waals surface area contributed by atoms with Crippen molar-refractivity contribution in [3.63, 3.8) is 0 Å². The summed E-state index contributed by atoms with van der Waals surface area (Å²) in [7, 11) is 0. The van der Waals surface area contributed by atoms with Gasteiger partial charge in [0.05, 0.1) is 11.9 Å². The molecule has 6 nitrogen and oxygen atoms in total. The molecular formula is C15H19N3O3. The fraction of sp³-hybridized carbons (Fsp3) is 0.400. The second kappa shape index (κ2) is 5.20. The van der Waals surface area contributed by atoms with E-state index >= 15 is 0 Å². The van der Waals surface area contributed by atoms with E-state index in [9.17, 15) is 9.59 Å². The molecule has 112 valence electrons. The Kier molecular flexibility index (Phi) is 3.72. The topological polar surface area (TPSA) is 72.7 Å². The van der Waals surface area contributed by atoms with Gasteiger partial charge >= 0.3 is 6.09 Å². The summed E-state index contributed by atoms with van der Waals surface area (Å²) >= 11 is 0. The zero-order chi connectivity index (χ0) is 15.7. The van der Waals surface area contributed by atoms with Crippen molar-refractivity contribution in [3.8, 4) is 0 Å². The lowest BCUT2D eigenvalue weighted by Gasteiger charge is -2.27. The number of aldehydes is 1. The van der Waals surface area contributed by atoms with Crippen LogP contribution in [0, 0.1) is 0 Å². The smallest absolute Gasteiger partial charge is 0.408 e. The number of amides is 1. The Labute approximate surface area is 123 Å². The highest BCUT2D eigenvalue weighted by molar-refractivity contribution is 5.77. The second-order valence-corrected chi connectivity index (χ2v) is 6.02. The number of aromatic nitrogens is 2. The molecule has 2 rings (SSSR count). The number of alkyl carbamates (subject to hydrolysis) is 1. The molecule has 2 aromatic rings. The molecule has 0 spiro atoms. The van der Waals surface area contributed by atoms with Crippen LogP contribution >= 0.6 is 0 Å². The number of hydrogen-bond donors (Lipinski definition) is 1. The molecule has 2 heterocycles. The number of nitrogens with one attached hydrogen (secondary N) is 1. The summed E-state index contributed by atoms with van der Waals surface area (Å²) in [5, 5.41) is 2.60. The first kappa shape index (κ1) is 15.0. The van der Waals surface area contributed by atoms with Crippen LogP contribution in [0.4, 0.5) is 4.79 Å². The molecule has 2 aromatic heterocycles. The number of hydrogen-bond acceptors (Lipinski definition) is 4. The van der Waals surface area contributed by atoms with Crippen LogP contribution in [0.3, 0.4) is 0 Å². The van der Waals surface area contributed by atoms with Gasteiger partial charge in [-0.25, -0.2) is 9.78 Å². The molecular weight excluding hydrogens is 270 g/mol. The van der Waals surface area contributed by atoms with Gasteiger partial charge in [-0.2, -0.15) is 0 Å². The molecule has 1 unspecified atom stereocenters. The summed E-state index contributed by atoms with van der Waals surface area (Å²) in [6, 6.07) is 5.50. The maximum atomic E-state index is 11.9. The summed E-state index contributed by atoms with van der Waals surface area (Å²) in [6.45, 7) is 6.90. The third-order valence-corrected chi connectivity index (χ3v) is 2.95. The third-order valence-electron chi connectivity index (χ3n) is 2.95. The van der Waals surface area contributed by atoms with Crippen LogP contribution in [0.15, 0.2) is 30.6 Å². The Hall–Kier alpha value is -2.37. The molecule has 21 heavy (non-hydrogen) atoms. The fourth-order valence-corrected chi connectivity index (χ4v) is 1.99. The largest absolute Gasteiger partial charge is 0.444 e. The summed E-state index contributed by atoms with van der Waals surface area (Å²) in [6.07, 6.45) is 3.38. The lowest BCUT2D eigenvalue weighted by molar-refractivity contribution is -0.113. The fourth-order valence-electron chi connectivity index (χ4n) is 1.99. The number of carbonyl (C=O) groups is 2. The summed E-state index contributed by atoms with van der Waals surface area (Å²) in [5.74, 6) is 0. The van der Waals surface area contributed by atoms with E-state index in [1.165, 1.54) is 0 Å². The van der Waals surface area contributed by atoms with Crippen LogP contribution in [0.2, 0.25) is 0 Å². The van der Waals surface area contributed by atoms with Gasteiger partial charge in [0, 0.05) is 6.20 Å². The Balaban J connectivity index is 2.33. The van der Waals surface area contributed by atoms with E-state index in [1.807, 2.05) is 18.2 Å². The SMILES string of the molecule is CC(C)(C)OC(=O)NC(C)(C=O)c1cnc2ccccn12. The second-order valence-electron chi connectivity index (χ2n) is 6.02. The van der Waals surface area contributed by atoms with Crippen molar-refractivity contribution in [1.82, 2.24) is 14.7 Å². The van der Waals surface area contributed by atoms with Crippen LogP contribution in [0.1, 0.15) is 33.4 Å². The standard InChI is InChI=1S/C15H19N3O3/c1-14(2,3)21-13(20)17-15(4,10-19)11-9-16-12-7-5-6-8-18(11)12/h5-10H,1-4H3,(H,17,20). The Morgan fingerprint density at radius 1 is 1.33 bits per heavy atom. The minimum atomic E-state index is -1.22. The quantitative estimate of drug-likeness (QED) is 0.880. The highest BCUT2D eigenvalue weighted by Gasteiger charge is 2.33. The number of nitrogens with zero attached hydrogens (tertiary/aromatic N) is 2. The zero-order valence-corrected chi connectivity index (χ0v) is 12.6. The first-order valence-electron chi connectivity index (χ1n) is 6.65. The molecule has 0 fully saturated rings. The average Bonchev–Trinajstić information content (AvgIpc) is 2.80. The van der Waals surface area contributed by atoms with E-state index in [4.69, 9.17) is 4.74 Å².